The summed E-state index contributed by atoms with van der Waals surface area (Å²) in [6, 6.07) is -2.03. The molecule has 2 aliphatic rings. The number of nitrogens with one attached hydrogen (secondary N) is 3. The Bertz CT molecular complexity index is 386. The summed E-state index contributed by atoms with van der Waals surface area (Å²) in [4.78, 5) is 0. The molecule has 106 valence electrons. The van der Waals surface area contributed by atoms with Crippen LogP contribution in [0.4, 0.5) is 13.2 Å². The lowest BCUT2D eigenvalue weighted by Gasteiger charge is -2.31. The molecule has 5 nitrogen and oxygen atoms in total. The summed E-state index contributed by atoms with van der Waals surface area (Å²) in [6.07, 6.45) is -2.56. The van der Waals surface area contributed by atoms with Crippen molar-refractivity contribution in [1.82, 2.24) is 14.8 Å². The quantitative estimate of drug-likeness (QED) is 0.694. The van der Waals surface area contributed by atoms with Crippen LogP contribution in [-0.2, 0) is 10.2 Å². The molecule has 0 aromatic rings. The molecule has 1 saturated carbocycles. The molecule has 3 N–H and O–H groups in total. The van der Waals surface area contributed by atoms with E-state index >= 15 is 0 Å². The molecule has 2 rings (SSSR count). The third-order valence-corrected chi connectivity index (χ3v) is 4.32. The molecule has 2 unspecified atom stereocenters. The standard InChI is InChI=1S/C9H16F3N3O2S/c10-9(11,12)8-4-3-7(5-13-8)15-18(16,17)14-6-1-2-6/h6-8,13-15H,1-5H2. The fourth-order valence-corrected chi connectivity index (χ4v) is 3.29. The van der Waals surface area contributed by atoms with E-state index in [1.807, 2.05) is 0 Å². The van der Waals surface area contributed by atoms with Crippen LogP contribution in [0.3, 0.4) is 0 Å². The molecule has 2 fully saturated rings. The van der Waals surface area contributed by atoms with Crippen molar-refractivity contribution in [2.24, 2.45) is 0 Å². The SMILES string of the molecule is O=S(=O)(NC1CC1)NC1CCC(C(F)(F)F)NC1. The third kappa shape index (κ3) is 4.08. The van der Waals surface area contributed by atoms with E-state index in [0.717, 1.165) is 12.8 Å². The summed E-state index contributed by atoms with van der Waals surface area (Å²) in [6.45, 7) is -0.00421. The molecule has 2 atom stereocenters. The van der Waals surface area contributed by atoms with Gasteiger partial charge in [-0.05, 0) is 25.7 Å². The Balaban J connectivity index is 1.79. The lowest BCUT2D eigenvalue weighted by Crippen LogP contribution is -2.55. The Morgan fingerprint density at radius 2 is 1.56 bits per heavy atom. The van der Waals surface area contributed by atoms with Crippen LogP contribution in [0.25, 0.3) is 0 Å². The van der Waals surface area contributed by atoms with Crippen LogP contribution in [-0.4, -0.2) is 39.3 Å². The maximum absolute atomic E-state index is 12.4. The van der Waals surface area contributed by atoms with E-state index in [4.69, 9.17) is 0 Å². The van der Waals surface area contributed by atoms with E-state index < -0.39 is 28.5 Å². The fraction of sp³-hybridized carbons (Fsp3) is 1.00. The van der Waals surface area contributed by atoms with E-state index in [1.54, 1.807) is 0 Å². The van der Waals surface area contributed by atoms with E-state index in [-0.39, 0.29) is 25.4 Å². The molecular weight excluding hydrogens is 271 g/mol. The molecule has 1 saturated heterocycles. The first-order valence-corrected chi connectivity index (χ1v) is 7.34. The second kappa shape index (κ2) is 4.95. The van der Waals surface area contributed by atoms with Crippen molar-refractivity contribution >= 4 is 10.2 Å². The van der Waals surface area contributed by atoms with Gasteiger partial charge in [-0.3, -0.25) is 0 Å². The average molecular weight is 287 g/mol. The molecule has 1 aliphatic carbocycles. The highest BCUT2D eigenvalue weighted by molar-refractivity contribution is 7.87. The Morgan fingerprint density at radius 1 is 1.00 bits per heavy atom. The molecule has 18 heavy (non-hydrogen) atoms. The summed E-state index contributed by atoms with van der Waals surface area (Å²) in [7, 11) is -3.59. The highest BCUT2D eigenvalue weighted by atomic mass is 32.2. The lowest BCUT2D eigenvalue weighted by molar-refractivity contribution is -0.160. The normalized spacial score (nSPS) is 30.4. The highest BCUT2D eigenvalue weighted by Gasteiger charge is 2.42. The van der Waals surface area contributed by atoms with Crippen molar-refractivity contribution in [3.8, 4) is 0 Å². The topological polar surface area (TPSA) is 70.2 Å². The van der Waals surface area contributed by atoms with Gasteiger partial charge in [0.05, 0.1) is 0 Å². The number of halogens is 3. The van der Waals surface area contributed by atoms with Crippen molar-refractivity contribution in [3.05, 3.63) is 0 Å². The third-order valence-electron chi connectivity index (χ3n) is 3.03. The Kier molecular flexibility index (Phi) is 3.86. The molecular formula is C9H16F3N3O2S. The van der Waals surface area contributed by atoms with E-state index in [1.165, 1.54) is 0 Å². The molecule has 0 aromatic heterocycles. The number of rotatable bonds is 4. The predicted octanol–water partition coefficient (Wildman–Crippen LogP) is 0.256. The van der Waals surface area contributed by atoms with Gasteiger partial charge in [-0.2, -0.15) is 31.0 Å². The predicted molar refractivity (Wildman–Crippen MR) is 59.1 cm³/mol. The summed E-state index contributed by atoms with van der Waals surface area (Å²) < 4.78 is 65.0. The average Bonchev–Trinajstić information content (AvgIpc) is 2.99. The molecule has 0 spiro atoms. The monoisotopic (exact) mass is 287 g/mol. The Labute approximate surface area is 104 Å². The van der Waals surface area contributed by atoms with Crippen molar-refractivity contribution in [3.63, 3.8) is 0 Å². The van der Waals surface area contributed by atoms with Gasteiger partial charge in [0.2, 0.25) is 0 Å². The molecule has 0 bridgehead atoms. The second-order valence-corrected chi connectivity index (χ2v) is 6.27. The largest absolute Gasteiger partial charge is 0.403 e. The smallest absolute Gasteiger partial charge is 0.305 e. The van der Waals surface area contributed by atoms with Gasteiger partial charge < -0.3 is 5.32 Å². The van der Waals surface area contributed by atoms with Crippen molar-refractivity contribution in [2.45, 2.75) is 50.0 Å². The molecule has 9 heteroatoms. The van der Waals surface area contributed by atoms with Gasteiger partial charge in [-0.15, -0.1) is 0 Å². The van der Waals surface area contributed by atoms with Gasteiger partial charge >= 0.3 is 6.18 Å². The zero-order valence-corrected chi connectivity index (χ0v) is 10.4. The van der Waals surface area contributed by atoms with E-state index in [2.05, 4.69) is 14.8 Å². The van der Waals surface area contributed by atoms with Crippen LogP contribution in [0, 0.1) is 0 Å². The van der Waals surface area contributed by atoms with E-state index in [0.29, 0.717) is 0 Å². The first-order chi connectivity index (χ1) is 8.26. The maximum Gasteiger partial charge on any atom is 0.403 e. The minimum Gasteiger partial charge on any atom is -0.305 e. The maximum atomic E-state index is 12.4. The van der Waals surface area contributed by atoms with Crippen LogP contribution in [0.1, 0.15) is 25.7 Å². The van der Waals surface area contributed by atoms with Crippen molar-refractivity contribution in [1.29, 1.82) is 0 Å². The summed E-state index contributed by atoms with van der Waals surface area (Å²) in [5, 5.41) is 2.32. The molecule has 0 amide bonds. The Hall–Kier alpha value is -0.380. The lowest BCUT2D eigenvalue weighted by atomic mass is 10.0. The summed E-state index contributed by atoms with van der Waals surface area (Å²) >= 11 is 0. The van der Waals surface area contributed by atoms with Crippen molar-refractivity contribution < 1.29 is 21.6 Å². The zero-order valence-electron chi connectivity index (χ0n) is 9.63. The van der Waals surface area contributed by atoms with Gasteiger partial charge in [0.15, 0.2) is 0 Å². The molecule has 0 aromatic carbocycles. The second-order valence-electron chi connectivity index (χ2n) is 4.79. The number of hydrogen-bond acceptors (Lipinski definition) is 3. The minimum absolute atomic E-state index is 0.00421. The van der Waals surface area contributed by atoms with Crippen LogP contribution in [0.2, 0.25) is 0 Å². The van der Waals surface area contributed by atoms with Gasteiger partial charge in [-0.25, -0.2) is 0 Å². The molecule has 0 radical (unpaired) electrons. The first kappa shape index (κ1) is 14.0. The molecule has 1 heterocycles. The molecule has 1 aliphatic heterocycles. The van der Waals surface area contributed by atoms with Crippen LogP contribution in [0.5, 0.6) is 0 Å². The Morgan fingerprint density at radius 3 is 2.00 bits per heavy atom. The minimum atomic E-state index is -4.27. The van der Waals surface area contributed by atoms with Gasteiger partial charge in [-0.1, -0.05) is 0 Å². The number of alkyl halides is 3. The zero-order chi connectivity index (χ0) is 13.4. The van der Waals surface area contributed by atoms with Gasteiger partial charge in [0.25, 0.3) is 10.2 Å². The van der Waals surface area contributed by atoms with Gasteiger partial charge in [0.1, 0.15) is 6.04 Å². The van der Waals surface area contributed by atoms with E-state index in [9.17, 15) is 21.6 Å². The van der Waals surface area contributed by atoms with Gasteiger partial charge in [0, 0.05) is 18.6 Å². The summed E-state index contributed by atoms with van der Waals surface area (Å²) in [5.41, 5.74) is 0. The number of piperidine rings is 1. The summed E-state index contributed by atoms with van der Waals surface area (Å²) in [5.74, 6) is 0. The highest BCUT2D eigenvalue weighted by Crippen LogP contribution is 2.26. The van der Waals surface area contributed by atoms with Crippen LogP contribution in [0.15, 0.2) is 0 Å². The van der Waals surface area contributed by atoms with Crippen LogP contribution >= 0.6 is 0 Å². The van der Waals surface area contributed by atoms with Crippen LogP contribution < -0.4 is 14.8 Å². The number of hydrogen-bond donors (Lipinski definition) is 3. The van der Waals surface area contributed by atoms with Crippen molar-refractivity contribution in [2.75, 3.05) is 6.54 Å². The fourth-order valence-electron chi connectivity index (χ4n) is 1.91. The first-order valence-electron chi connectivity index (χ1n) is 5.86.